The number of nitrogens with one attached hydrogen (secondary N) is 1. The van der Waals surface area contributed by atoms with Crippen LogP contribution in [0.5, 0.6) is 0 Å². The van der Waals surface area contributed by atoms with Gasteiger partial charge in [-0.3, -0.25) is 0 Å². The average molecular weight is 196 g/mol. The van der Waals surface area contributed by atoms with Crippen LogP contribution in [-0.4, -0.2) is 6.54 Å². The van der Waals surface area contributed by atoms with Gasteiger partial charge in [0, 0.05) is 17.3 Å². The Kier molecular flexibility index (Phi) is 4.41. The zero-order valence-corrected chi connectivity index (χ0v) is 8.35. The van der Waals surface area contributed by atoms with E-state index in [1.165, 1.54) is 0 Å². The highest BCUT2D eigenvalue weighted by Crippen LogP contribution is 2.13. The van der Waals surface area contributed by atoms with Crippen molar-refractivity contribution in [1.82, 2.24) is 0 Å². The normalized spacial score (nSPS) is 9.62. The number of allylic oxidation sites excluding steroid dienone is 1. The standard InChI is InChI=1S/C11H14ClN/c1-2-3-4-9-13-11-7-5-10(12)6-8-11/h2,5-8,13H,1,3-4,9H2. The SMILES string of the molecule is C=CCCCNc1ccc(Cl)cc1. The lowest BCUT2D eigenvalue weighted by atomic mass is 10.3. The molecular formula is C11H14ClN. The molecule has 0 bridgehead atoms. The Morgan fingerprint density at radius 2 is 2.00 bits per heavy atom. The highest BCUT2D eigenvalue weighted by Gasteiger charge is 1.90. The lowest BCUT2D eigenvalue weighted by Crippen LogP contribution is -2.00. The van der Waals surface area contributed by atoms with Crippen molar-refractivity contribution in [3.8, 4) is 0 Å². The molecule has 0 aliphatic rings. The number of halogens is 1. The van der Waals surface area contributed by atoms with Crippen LogP contribution >= 0.6 is 11.6 Å². The van der Waals surface area contributed by atoms with E-state index in [2.05, 4.69) is 11.9 Å². The van der Waals surface area contributed by atoms with Crippen LogP contribution < -0.4 is 5.32 Å². The van der Waals surface area contributed by atoms with E-state index >= 15 is 0 Å². The largest absolute Gasteiger partial charge is 0.385 e. The maximum atomic E-state index is 5.75. The molecule has 0 heterocycles. The van der Waals surface area contributed by atoms with E-state index in [1.54, 1.807) is 0 Å². The van der Waals surface area contributed by atoms with Crippen molar-refractivity contribution in [2.45, 2.75) is 12.8 Å². The fraction of sp³-hybridized carbons (Fsp3) is 0.273. The van der Waals surface area contributed by atoms with E-state index in [9.17, 15) is 0 Å². The Labute approximate surface area is 84.4 Å². The Bertz CT molecular complexity index is 253. The predicted octanol–water partition coefficient (Wildman–Crippen LogP) is 3.72. The van der Waals surface area contributed by atoms with Gasteiger partial charge in [-0.15, -0.1) is 6.58 Å². The lowest BCUT2D eigenvalue weighted by molar-refractivity contribution is 0.891. The highest BCUT2D eigenvalue weighted by atomic mass is 35.5. The van der Waals surface area contributed by atoms with E-state index < -0.39 is 0 Å². The van der Waals surface area contributed by atoms with Crippen molar-refractivity contribution in [2.75, 3.05) is 11.9 Å². The molecule has 0 spiro atoms. The summed E-state index contributed by atoms with van der Waals surface area (Å²) >= 11 is 5.75. The summed E-state index contributed by atoms with van der Waals surface area (Å²) in [6, 6.07) is 7.74. The topological polar surface area (TPSA) is 12.0 Å². The summed E-state index contributed by atoms with van der Waals surface area (Å²) in [6.07, 6.45) is 4.11. The second-order valence-electron chi connectivity index (χ2n) is 2.86. The Morgan fingerprint density at radius 1 is 1.31 bits per heavy atom. The molecule has 70 valence electrons. The molecule has 1 N–H and O–H groups in total. The minimum Gasteiger partial charge on any atom is -0.385 e. The van der Waals surface area contributed by atoms with E-state index in [-0.39, 0.29) is 0 Å². The van der Waals surface area contributed by atoms with Gasteiger partial charge in [0.2, 0.25) is 0 Å². The Morgan fingerprint density at radius 3 is 2.62 bits per heavy atom. The first kappa shape index (κ1) is 10.1. The second kappa shape index (κ2) is 5.65. The fourth-order valence-corrected chi connectivity index (χ4v) is 1.17. The number of benzene rings is 1. The number of rotatable bonds is 5. The summed E-state index contributed by atoms with van der Waals surface area (Å²) < 4.78 is 0. The third-order valence-corrected chi connectivity index (χ3v) is 2.01. The van der Waals surface area contributed by atoms with Gasteiger partial charge in [0.05, 0.1) is 0 Å². The van der Waals surface area contributed by atoms with Crippen molar-refractivity contribution in [1.29, 1.82) is 0 Å². The van der Waals surface area contributed by atoms with Gasteiger partial charge in [-0.05, 0) is 37.1 Å². The van der Waals surface area contributed by atoms with Crippen molar-refractivity contribution >= 4 is 17.3 Å². The summed E-state index contributed by atoms with van der Waals surface area (Å²) in [7, 11) is 0. The molecule has 0 aromatic heterocycles. The van der Waals surface area contributed by atoms with Crippen LogP contribution in [0.15, 0.2) is 36.9 Å². The molecule has 0 aliphatic heterocycles. The molecule has 0 atom stereocenters. The number of hydrogen-bond donors (Lipinski definition) is 1. The summed E-state index contributed by atoms with van der Waals surface area (Å²) in [5.41, 5.74) is 1.12. The van der Waals surface area contributed by atoms with Gasteiger partial charge in [0.25, 0.3) is 0 Å². The predicted molar refractivity (Wildman–Crippen MR) is 59.4 cm³/mol. The second-order valence-corrected chi connectivity index (χ2v) is 3.30. The van der Waals surface area contributed by atoms with Crippen LogP contribution in [0, 0.1) is 0 Å². The van der Waals surface area contributed by atoms with Gasteiger partial charge >= 0.3 is 0 Å². The number of anilines is 1. The summed E-state index contributed by atoms with van der Waals surface area (Å²) in [5.74, 6) is 0. The van der Waals surface area contributed by atoms with Gasteiger partial charge in [0.1, 0.15) is 0 Å². The molecule has 1 rings (SSSR count). The maximum absolute atomic E-state index is 5.75. The number of unbranched alkanes of at least 4 members (excludes halogenated alkanes) is 1. The van der Waals surface area contributed by atoms with Crippen LogP contribution in [0.2, 0.25) is 5.02 Å². The first-order valence-electron chi connectivity index (χ1n) is 4.43. The van der Waals surface area contributed by atoms with E-state index in [4.69, 9.17) is 11.6 Å². The van der Waals surface area contributed by atoms with E-state index in [0.29, 0.717) is 0 Å². The van der Waals surface area contributed by atoms with Crippen LogP contribution in [-0.2, 0) is 0 Å². The van der Waals surface area contributed by atoms with Crippen molar-refractivity contribution < 1.29 is 0 Å². The monoisotopic (exact) mass is 195 g/mol. The Balaban J connectivity index is 2.28. The average Bonchev–Trinajstić information content (AvgIpc) is 2.15. The summed E-state index contributed by atoms with van der Waals surface area (Å²) in [6.45, 7) is 4.65. The minimum absolute atomic E-state index is 0.775. The van der Waals surface area contributed by atoms with Crippen LogP contribution in [0.1, 0.15) is 12.8 Å². The molecule has 1 aromatic rings. The third-order valence-electron chi connectivity index (χ3n) is 1.76. The van der Waals surface area contributed by atoms with Crippen LogP contribution in [0.3, 0.4) is 0 Å². The number of hydrogen-bond acceptors (Lipinski definition) is 1. The van der Waals surface area contributed by atoms with Crippen molar-refractivity contribution in [3.63, 3.8) is 0 Å². The van der Waals surface area contributed by atoms with Crippen LogP contribution in [0.25, 0.3) is 0 Å². The Hall–Kier alpha value is -0.950. The molecule has 1 aromatic carbocycles. The zero-order chi connectivity index (χ0) is 9.52. The van der Waals surface area contributed by atoms with Crippen molar-refractivity contribution in [3.05, 3.63) is 41.9 Å². The summed E-state index contributed by atoms with van der Waals surface area (Å²) in [5, 5.41) is 4.07. The van der Waals surface area contributed by atoms with Gasteiger partial charge in [-0.1, -0.05) is 17.7 Å². The maximum Gasteiger partial charge on any atom is 0.0407 e. The highest BCUT2D eigenvalue weighted by molar-refractivity contribution is 6.30. The molecule has 0 aliphatic carbocycles. The molecule has 0 amide bonds. The van der Waals surface area contributed by atoms with E-state index in [0.717, 1.165) is 30.1 Å². The first-order valence-corrected chi connectivity index (χ1v) is 4.81. The molecule has 1 nitrogen and oxygen atoms in total. The summed E-state index contributed by atoms with van der Waals surface area (Å²) in [4.78, 5) is 0. The molecule has 0 saturated carbocycles. The first-order chi connectivity index (χ1) is 6.33. The van der Waals surface area contributed by atoms with Gasteiger partial charge in [0.15, 0.2) is 0 Å². The van der Waals surface area contributed by atoms with E-state index in [1.807, 2.05) is 30.3 Å². The molecule has 0 fully saturated rings. The third kappa shape index (κ3) is 4.00. The minimum atomic E-state index is 0.775. The zero-order valence-electron chi connectivity index (χ0n) is 7.59. The van der Waals surface area contributed by atoms with Gasteiger partial charge in [-0.25, -0.2) is 0 Å². The smallest absolute Gasteiger partial charge is 0.0407 e. The van der Waals surface area contributed by atoms with Gasteiger partial charge < -0.3 is 5.32 Å². The quantitative estimate of drug-likeness (QED) is 0.558. The molecule has 0 unspecified atom stereocenters. The molecule has 13 heavy (non-hydrogen) atoms. The molecule has 0 radical (unpaired) electrons. The van der Waals surface area contributed by atoms with Crippen LogP contribution in [0.4, 0.5) is 5.69 Å². The fourth-order valence-electron chi connectivity index (χ4n) is 1.05. The lowest BCUT2D eigenvalue weighted by Gasteiger charge is -2.04. The molecular weight excluding hydrogens is 182 g/mol. The van der Waals surface area contributed by atoms with Crippen molar-refractivity contribution in [2.24, 2.45) is 0 Å². The molecule has 0 saturated heterocycles. The van der Waals surface area contributed by atoms with Gasteiger partial charge in [-0.2, -0.15) is 0 Å². The molecule has 2 heteroatoms.